The van der Waals surface area contributed by atoms with E-state index >= 15 is 0 Å². The third-order valence-electron chi connectivity index (χ3n) is 7.21. The normalized spacial score (nSPS) is 21.8. The SMILES string of the molecule is O=C(Nc1ccc(OC(F)(F)F)cc1)N[C@@H]1CCCC[C@H]1NC1CCCN(c2ccc(-c3ncco3)cc2)C1. The van der Waals surface area contributed by atoms with Crippen molar-refractivity contribution in [2.24, 2.45) is 0 Å². The number of ether oxygens (including phenoxy) is 1. The molecule has 1 aliphatic carbocycles. The maximum absolute atomic E-state index is 12.7. The van der Waals surface area contributed by atoms with Crippen LogP contribution in [0.3, 0.4) is 0 Å². The predicted molar refractivity (Wildman–Crippen MR) is 142 cm³/mol. The Labute approximate surface area is 224 Å². The molecule has 2 aliphatic rings. The number of piperidine rings is 1. The summed E-state index contributed by atoms with van der Waals surface area (Å²) in [6.07, 6.45) is 4.53. The molecule has 1 aliphatic heterocycles. The summed E-state index contributed by atoms with van der Waals surface area (Å²) in [6, 6.07) is 13.4. The number of amides is 2. The van der Waals surface area contributed by atoms with Gasteiger partial charge in [0.2, 0.25) is 5.89 Å². The molecule has 0 spiro atoms. The quantitative estimate of drug-likeness (QED) is 0.342. The zero-order valence-corrected chi connectivity index (χ0v) is 21.4. The lowest BCUT2D eigenvalue weighted by Gasteiger charge is -2.40. The summed E-state index contributed by atoms with van der Waals surface area (Å²) in [5.41, 5.74) is 2.48. The number of alkyl halides is 3. The molecule has 1 saturated carbocycles. The zero-order chi connectivity index (χ0) is 27.2. The zero-order valence-electron chi connectivity index (χ0n) is 21.4. The first kappa shape index (κ1) is 26.9. The molecule has 8 nitrogen and oxygen atoms in total. The lowest BCUT2D eigenvalue weighted by Crippen LogP contribution is -2.57. The summed E-state index contributed by atoms with van der Waals surface area (Å²) in [5.74, 6) is 0.268. The second-order valence-corrected chi connectivity index (χ2v) is 10.0. The van der Waals surface area contributed by atoms with E-state index in [4.69, 9.17) is 4.42 Å². The van der Waals surface area contributed by atoms with E-state index in [2.05, 4.69) is 42.7 Å². The molecule has 2 fully saturated rings. The van der Waals surface area contributed by atoms with Crippen LogP contribution in [0.4, 0.5) is 29.3 Å². The van der Waals surface area contributed by atoms with Gasteiger partial charge in [-0.25, -0.2) is 9.78 Å². The van der Waals surface area contributed by atoms with Crippen molar-refractivity contribution in [3.8, 4) is 17.2 Å². The van der Waals surface area contributed by atoms with Crippen molar-refractivity contribution in [1.82, 2.24) is 15.6 Å². The standard InChI is InChI=1S/C28H32F3N5O3/c29-28(30,31)39-23-13-9-20(10-14-23)34-27(37)35-25-6-2-1-5-24(25)33-21-4-3-16-36(18-21)22-11-7-19(8-12-22)26-32-15-17-38-26/h7-15,17,21,24-25,33H,1-6,16,18H2,(H2,34,35,37)/t21?,24-,25-/m1/s1. The number of oxazole rings is 1. The van der Waals surface area contributed by atoms with Crippen molar-refractivity contribution in [2.45, 2.75) is 63.0 Å². The molecule has 3 aromatic rings. The van der Waals surface area contributed by atoms with Gasteiger partial charge < -0.3 is 30.0 Å². The second-order valence-electron chi connectivity index (χ2n) is 10.0. The predicted octanol–water partition coefficient (Wildman–Crippen LogP) is 5.93. The van der Waals surface area contributed by atoms with E-state index in [9.17, 15) is 18.0 Å². The fraction of sp³-hybridized carbons (Fsp3) is 0.429. The molecule has 0 bridgehead atoms. The summed E-state index contributed by atoms with van der Waals surface area (Å²) >= 11 is 0. The maximum Gasteiger partial charge on any atom is 0.573 e. The third-order valence-corrected chi connectivity index (χ3v) is 7.21. The highest BCUT2D eigenvalue weighted by molar-refractivity contribution is 5.89. The topological polar surface area (TPSA) is 91.7 Å². The molecule has 3 N–H and O–H groups in total. The Morgan fingerprint density at radius 2 is 1.72 bits per heavy atom. The van der Waals surface area contributed by atoms with Gasteiger partial charge in [-0.05, 0) is 74.2 Å². The van der Waals surface area contributed by atoms with Crippen molar-refractivity contribution in [3.05, 3.63) is 61.0 Å². The van der Waals surface area contributed by atoms with E-state index in [1.54, 1.807) is 12.5 Å². The minimum absolute atomic E-state index is 0.0398. The van der Waals surface area contributed by atoms with Crippen LogP contribution in [-0.4, -0.2) is 48.6 Å². The van der Waals surface area contributed by atoms with Gasteiger partial charge in [0.1, 0.15) is 12.0 Å². The van der Waals surface area contributed by atoms with Crippen LogP contribution in [0.2, 0.25) is 0 Å². The highest BCUT2D eigenvalue weighted by Crippen LogP contribution is 2.27. The number of hydrogen-bond donors (Lipinski definition) is 3. The Kier molecular flexibility index (Phi) is 8.25. The molecule has 1 saturated heterocycles. The third kappa shape index (κ3) is 7.44. The smallest absolute Gasteiger partial charge is 0.445 e. The number of anilines is 2. The highest BCUT2D eigenvalue weighted by Gasteiger charge is 2.32. The number of hydrogen-bond acceptors (Lipinski definition) is 6. The van der Waals surface area contributed by atoms with Crippen molar-refractivity contribution in [1.29, 1.82) is 0 Å². The van der Waals surface area contributed by atoms with Crippen LogP contribution in [-0.2, 0) is 0 Å². The van der Waals surface area contributed by atoms with Gasteiger partial charge in [-0.15, -0.1) is 13.2 Å². The van der Waals surface area contributed by atoms with Crippen LogP contribution in [0, 0.1) is 0 Å². The van der Waals surface area contributed by atoms with Gasteiger partial charge in [-0.2, -0.15) is 0 Å². The number of carbonyl (C=O) groups excluding carboxylic acids is 1. The van der Waals surface area contributed by atoms with Gasteiger partial charge >= 0.3 is 12.4 Å². The monoisotopic (exact) mass is 543 g/mol. The van der Waals surface area contributed by atoms with E-state index < -0.39 is 6.36 Å². The fourth-order valence-electron chi connectivity index (χ4n) is 5.41. The molecule has 2 heterocycles. The van der Waals surface area contributed by atoms with Gasteiger partial charge in [0.15, 0.2) is 0 Å². The Balaban J connectivity index is 1.14. The average Bonchev–Trinajstić information content (AvgIpc) is 3.46. The van der Waals surface area contributed by atoms with Crippen LogP contribution in [0.1, 0.15) is 38.5 Å². The van der Waals surface area contributed by atoms with Gasteiger partial charge in [-0.3, -0.25) is 0 Å². The number of carbonyl (C=O) groups is 1. The number of nitrogens with one attached hydrogen (secondary N) is 3. The van der Waals surface area contributed by atoms with E-state index in [1.807, 2.05) is 12.1 Å². The Morgan fingerprint density at radius 3 is 2.41 bits per heavy atom. The van der Waals surface area contributed by atoms with Crippen LogP contribution in [0.25, 0.3) is 11.5 Å². The molecule has 2 amide bonds. The fourth-order valence-corrected chi connectivity index (χ4v) is 5.41. The van der Waals surface area contributed by atoms with Crippen molar-refractivity contribution < 1.29 is 27.1 Å². The molecule has 1 unspecified atom stereocenters. The minimum atomic E-state index is -4.76. The molecule has 208 valence electrons. The number of benzene rings is 2. The molecule has 2 aromatic carbocycles. The summed E-state index contributed by atoms with van der Waals surface area (Å²) in [4.78, 5) is 19.3. The van der Waals surface area contributed by atoms with Gasteiger partial charge in [0, 0.05) is 48.2 Å². The first-order chi connectivity index (χ1) is 18.8. The van der Waals surface area contributed by atoms with Crippen molar-refractivity contribution in [3.63, 3.8) is 0 Å². The Hall–Kier alpha value is -3.73. The number of aromatic nitrogens is 1. The highest BCUT2D eigenvalue weighted by atomic mass is 19.4. The number of rotatable bonds is 7. The van der Waals surface area contributed by atoms with Crippen LogP contribution in [0.15, 0.2) is 65.4 Å². The van der Waals surface area contributed by atoms with Crippen LogP contribution < -0.4 is 25.6 Å². The Morgan fingerprint density at radius 1 is 0.974 bits per heavy atom. The molecule has 11 heteroatoms. The van der Waals surface area contributed by atoms with Crippen LogP contribution >= 0.6 is 0 Å². The molecular weight excluding hydrogens is 511 g/mol. The van der Waals surface area contributed by atoms with Gasteiger partial charge in [-0.1, -0.05) is 12.8 Å². The summed E-state index contributed by atoms with van der Waals surface area (Å²) in [7, 11) is 0. The molecular formula is C28H32F3N5O3. The van der Waals surface area contributed by atoms with Crippen molar-refractivity contribution >= 4 is 17.4 Å². The minimum Gasteiger partial charge on any atom is -0.445 e. The van der Waals surface area contributed by atoms with E-state index in [1.165, 1.54) is 24.3 Å². The molecule has 3 atom stereocenters. The van der Waals surface area contributed by atoms with Gasteiger partial charge in [0.25, 0.3) is 0 Å². The molecule has 0 radical (unpaired) electrons. The lowest BCUT2D eigenvalue weighted by atomic mass is 9.89. The van der Waals surface area contributed by atoms with Crippen molar-refractivity contribution in [2.75, 3.05) is 23.3 Å². The van der Waals surface area contributed by atoms with Crippen LogP contribution in [0.5, 0.6) is 5.75 Å². The molecule has 5 rings (SSSR count). The number of halogens is 3. The molecule has 39 heavy (non-hydrogen) atoms. The number of urea groups is 1. The Bertz CT molecular complexity index is 1200. The summed E-state index contributed by atoms with van der Waals surface area (Å²) in [6.45, 7) is 1.86. The number of nitrogens with zero attached hydrogens (tertiary/aromatic N) is 2. The molecule has 1 aromatic heterocycles. The first-order valence-electron chi connectivity index (χ1n) is 13.3. The summed E-state index contributed by atoms with van der Waals surface area (Å²) in [5, 5.41) is 9.59. The van der Waals surface area contributed by atoms with E-state index in [-0.39, 0.29) is 23.9 Å². The van der Waals surface area contributed by atoms with Gasteiger partial charge in [0.05, 0.1) is 6.20 Å². The maximum atomic E-state index is 12.7. The van der Waals surface area contributed by atoms with E-state index in [0.29, 0.717) is 17.6 Å². The average molecular weight is 544 g/mol. The lowest BCUT2D eigenvalue weighted by molar-refractivity contribution is -0.274. The summed E-state index contributed by atoms with van der Waals surface area (Å²) < 4.78 is 46.4. The first-order valence-corrected chi connectivity index (χ1v) is 13.3. The van der Waals surface area contributed by atoms with E-state index in [0.717, 1.165) is 62.9 Å². The largest absolute Gasteiger partial charge is 0.573 e. The second kappa shape index (κ2) is 12.0.